The van der Waals surface area contributed by atoms with Gasteiger partial charge in [-0.25, -0.2) is 8.78 Å². The minimum absolute atomic E-state index is 0.265. The van der Waals surface area contributed by atoms with Crippen molar-refractivity contribution < 1.29 is 13.9 Å². The number of aliphatic hydroxyl groups excluding tert-OH is 1. The average Bonchev–Trinajstić information content (AvgIpc) is 2.37. The molecule has 0 amide bonds. The molecule has 1 atom stereocenters. The zero-order valence-corrected chi connectivity index (χ0v) is 11.0. The van der Waals surface area contributed by atoms with Gasteiger partial charge in [-0.3, -0.25) is 0 Å². The van der Waals surface area contributed by atoms with Gasteiger partial charge in [0.2, 0.25) is 0 Å². The third-order valence-corrected chi connectivity index (χ3v) is 3.42. The number of rotatable bonds is 3. The summed E-state index contributed by atoms with van der Waals surface area (Å²) < 4.78 is 26.0. The minimum Gasteiger partial charge on any atom is -0.388 e. The van der Waals surface area contributed by atoms with Gasteiger partial charge in [0.1, 0.15) is 0 Å². The number of halogens is 2. The van der Waals surface area contributed by atoms with Crippen molar-refractivity contribution in [3.05, 3.63) is 70.3 Å². The first-order valence-corrected chi connectivity index (χ1v) is 6.17. The van der Waals surface area contributed by atoms with Crippen LogP contribution < -0.4 is 0 Å². The summed E-state index contributed by atoms with van der Waals surface area (Å²) >= 11 is 0. The van der Waals surface area contributed by atoms with Crippen LogP contribution in [0, 0.1) is 25.5 Å². The van der Waals surface area contributed by atoms with Crippen LogP contribution in [-0.4, -0.2) is 5.11 Å². The van der Waals surface area contributed by atoms with E-state index in [1.807, 2.05) is 32.0 Å². The summed E-state index contributed by atoms with van der Waals surface area (Å²) in [4.78, 5) is 0. The first-order chi connectivity index (χ1) is 8.99. The second kappa shape index (κ2) is 5.49. The normalized spacial score (nSPS) is 12.5. The molecule has 0 saturated carbocycles. The van der Waals surface area contributed by atoms with Crippen LogP contribution in [0.4, 0.5) is 8.78 Å². The van der Waals surface area contributed by atoms with E-state index in [1.165, 1.54) is 6.07 Å². The fourth-order valence-electron chi connectivity index (χ4n) is 2.13. The van der Waals surface area contributed by atoms with E-state index in [1.54, 1.807) is 0 Å². The smallest absolute Gasteiger partial charge is 0.159 e. The van der Waals surface area contributed by atoms with E-state index in [0.29, 0.717) is 5.56 Å². The SMILES string of the molecule is Cc1cccc(C(O)Cc2ccc(F)c(F)c2)c1C. The van der Waals surface area contributed by atoms with Crippen LogP contribution in [0.1, 0.15) is 28.4 Å². The molecule has 0 aliphatic carbocycles. The Balaban J connectivity index is 2.23. The lowest BCUT2D eigenvalue weighted by Crippen LogP contribution is -2.05. The molecule has 0 aliphatic rings. The van der Waals surface area contributed by atoms with E-state index in [9.17, 15) is 13.9 Å². The van der Waals surface area contributed by atoms with Crippen LogP contribution in [-0.2, 0) is 6.42 Å². The molecule has 2 rings (SSSR count). The third-order valence-electron chi connectivity index (χ3n) is 3.42. The number of hydrogen-bond donors (Lipinski definition) is 1. The molecule has 0 heterocycles. The maximum atomic E-state index is 13.1. The molecule has 2 aromatic rings. The van der Waals surface area contributed by atoms with Crippen molar-refractivity contribution in [3.8, 4) is 0 Å². The maximum Gasteiger partial charge on any atom is 0.159 e. The number of hydrogen-bond acceptors (Lipinski definition) is 1. The summed E-state index contributed by atoms with van der Waals surface area (Å²) in [7, 11) is 0. The van der Waals surface area contributed by atoms with Crippen LogP contribution >= 0.6 is 0 Å². The summed E-state index contributed by atoms with van der Waals surface area (Å²) in [5.41, 5.74) is 3.52. The quantitative estimate of drug-likeness (QED) is 0.890. The minimum atomic E-state index is -0.884. The molecule has 0 fully saturated rings. The molecule has 0 aliphatic heterocycles. The monoisotopic (exact) mass is 262 g/mol. The Morgan fingerprint density at radius 3 is 2.47 bits per heavy atom. The summed E-state index contributed by atoms with van der Waals surface area (Å²) in [5, 5.41) is 10.2. The second-order valence-corrected chi connectivity index (χ2v) is 4.76. The fraction of sp³-hybridized carbons (Fsp3) is 0.250. The highest BCUT2D eigenvalue weighted by atomic mass is 19.2. The Morgan fingerprint density at radius 2 is 1.79 bits per heavy atom. The molecule has 1 N–H and O–H groups in total. The van der Waals surface area contributed by atoms with Gasteiger partial charge in [0.05, 0.1) is 6.10 Å². The van der Waals surface area contributed by atoms with Crippen molar-refractivity contribution >= 4 is 0 Å². The van der Waals surface area contributed by atoms with E-state index in [2.05, 4.69) is 0 Å². The van der Waals surface area contributed by atoms with Crippen LogP contribution in [0.25, 0.3) is 0 Å². The van der Waals surface area contributed by atoms with Crippen LogP contribution in [0.2, 0.25) is 0 Å². The average molecular weight is 262 g/mol. The molecule has 2 aromatic carbocycles. The van der Waals surface area contributed by atoms with Crippen molar-refractivity contribution in [3.63, 3.8) is 0 Å². The molecule has 1 unspecified atom stereocenters. The van der Waals surface area contributed by atoms with Gasteiger partial charge in [-0.1, -0.05) is 24.3 Å². The Bertz CT molecular complexity index is 593. The Morgan fingerprint density at radius 1 is 1.05 bits per heavy atom. The van der Waals surface area contributed by atoms with Gasteiger partial charge in [0.15, 0.2) is 11.6 Å². The van der Waals surface area contributed by atoms with Crippen molar-refractivity contribution in [2.75, 3.05) is 0 Å². The molecular formula is C16H16F2O. The van der Waals surface area contributed by atoms with Crippen molar-refractivity contribution in [2.24, 2.45) is 0 Å². The van der Waals surface area contributed by atoms with Crippen LogP contribution in [0.15, 0.2) is 36.4 Å². The molecule has 0 aromatic heterocycles. The number of benzene rings is 2. The topological polar surface area (TPSA) is 20.2 Å². The first kappa shape index (κ1) is 13.7. The zero-order chi connectivity index (χ0) is 14.0. The Hall–Kier alpha value is -1.74. The van der Waals surface area contributed by atoms with E-state index in [4.69, 9.17) is 0 Å². The summed E-state index contributed by atoms with van der Waals surface area (Å²) in [6, 6.07) is 9.42. The van der Waals surface area contributed by atoms with E-state index < -0.39 is 17.7 Å². The third kappa shape index (κ3) is 2.99. The highest BCUT2D eigenvalue weighted by Crippen LogP contribution is 2.24. The summed E-state index contributed by atoms with van der Waals surface area (Å²) in [6.07, 6.45) is -0.452. The van der Waals surface area contributed by atoms with Gasteiger partial charge in [-0.05, 0) is 48.2 Å². The molecule has 0 spiro atoms. The van der Waals surface area contributed by atoms with Gasteiger partial charge in [-0.15, -0.1) is 0 Å². The summed E-state index contributed by atoms with van der Waals surface area (Å²) in [5.74, 6) is -1.75. The molecule has 0 bridgehead atoms. The van der Waals surface area contributed by atoms with Gasteiger partial charge in [0, 0.05) is 6.42 Å². The van der Waals surface area contributed by atoms with Crippen molar-refractivity contribution in [1.29, 1.82) is 0 Å². The van der Waals surface area contributed by atoms with E-state index in [0.717, 1.165) is 28.8 Å². The highest BCUT2D eigenvalue weighted by Gasteiger charge is 2.13. The molecule has 3 heteroatoms. The second-order valence-electron chi connectivity index (χ2n) is 4.76. The lowest BCUT2D eigenvalue weighted by Gasteiger charge is -2.15. The molecule has 0 radical (unpaired) electrons. The largest absolute Gasteiger partial charge is 0.388 e. The Labute approximate surface area is 111 Å². The van der Waals surface area contributed by atoms with Crippen LogP contribution in [0.3, 0.4) is 0 Å². The Kier molecular flexibility index (Phi) is 3.96. The number of aryl methyl sites for hydroxylation is 1. The van der Waals surface area contributed by atoms with E-state index in [-0.39, 0.29) is 6.42 Å². The molecule has 0 saturated heterocycles. The van der Waals surface area contributed by atoms with Crippen LogP contribution in [0.5, 0.6) is 0 Å². The molecular weight excluding hydrogens is 246 g/mol. The summed E-state index contributed by atoms with van der Waals surface area (Å²) in [6.45, 7) is 3.92. The molecule has 1 nitrogen and oxygen atoms in total. The first-order valence-electron chi connectivity index (χ1n) is 6.17. The van der Waals surface area contributed by atoms with E-state index >= 15 is 0 Å². The van der Waals surface area contributed by atoms with Crippen molar-refractivity contribution in [2.45, 2.75) is 26.4 Å². The zero-order valence-electron chi connectivity index (χ0n) is 11.0. The molecule has 19 heavy (non-hydrogen) atoms. The lowest BCUT2D eigenvalue weighted by molar-refractivity contribution is 0.177. The standard InChI is InChI=1S/C16H16F2O/c1-10-4-3-5-13(11(10)2)16(19)9-12-6-7-14(17)15(18)8-12/h3-8,16,19H,9H2,1-2H3. The van der Waals surface area contributed by atoms with Gasteiger partial charge in [-0.2, -0.15) is 0 Å². The predicted octanol–water partition coefficient (Wildman–Crippen LogP) is 3.86. The van der Waals surface area contributed by atoms with Gasteiger partial charge in [0.25, 0.3) is 0 Å². The van der Waals surface area contributed by atoms with Gasteiger partial charge < -0.3 is 5.11 Å². The molecule has 100 valence electrons. The maximum absolute atomic E-state index is 13.1. The lowest BCUT2D eigenvalue weighted by atomic mass is 9.95. The predicted molar refractivity (Wildman–Crippen MR) is 70.9 cm³/mol. The number of aliphatic hydroxyl groups is 1. The fourth-order valence-corrected chi connectivity index (χ4v) is 2.13. The van der Waals surface area contributed by atoms with Gasteiger partial charge >= 0.3 is 0 Å². The van der Waals surface area contributed by atoms with Crippen molar-refractivity contribution in [1.82, 2.24) is 0 Å². The highest BCUT2D eigenvalue weighted by molar-refractivity contribution is 5.35.